The van der Waals surface area contributed by atoms with E-state index in [4.69, 9.17) is 5.26 Å². The summed E-state index contributed by atoms with van der Waals surface area (Å²) in [4.78, 5) is 39.2. The highest BCUT2D eigenvalue weighted by Crippen LogP contribution is 2.34. The number of carbonyl (C=O) groups is 3. The molecule has 1 saturated heterocycles. The second-order valence-corrected chi connectivity index (χ2v) is 7.39. The molecule has 142 valence electrons. The standard InChI is InChI=1S/C20H17BrN4O3/c1-12(17(26)23-16-10-6-3-7-13(16)11-22)25-18(27)20(2,24-19(25)28)14-8-4-5-9-15(14)21/h3-10,12H,1-2H3,(H,23,26)(H,24,28)/t12-,20+/m1/s1. The van der Waals surface area contributed by atoms with Gasteiger partial charge in [-0.05, 0) is 32.0 Å². The van der Waals surface area contributed by atoms with Crippen molar-refractivity contribution in [2.45, 2.75) is 25.4 Å². The molecule has 0 bridgehead atoms. The molecule has 0 spiro atoms. The molecule has 0 aromatic heterocycles. The number of carbonyl (C=O) groups excluding carboxylic acids is 3. The second-order valence-electron chi connectivity index (χ2n) is 6.53. The van der Waals surface area contributed by atoms with Crippen molar-refractivity contribution in [2.24, 2.45) is 0 Å². The van der Waals surface area contributed by atoms with Crippen molar-refractivity contribution in [3.63, 3.8) is 0 Å². The molecule has 0 unspecified atom stereocenters. The lowest BCUT2D eigenvalue weighted by molar-refractivity contribution is -0.136. The minimum atomic E-state index is -1.30. The topological polar surface area (TPSA) is 102 Å². The number of halogens is 1. The van der Waals surface area contributed by atoms with Gasteiger partial charge in [-0.15, -0.1) is 0 Å². The molecule has 0 aliphatic carbocycles. The molecular weight excluding hydrogens is 424 g/mol. The Hall–Kier alpha value is -3.18. The third-order valence-electron chi connectivity index (χ3n) is 4.71. The molecule has 1 heterocycles. The number of rotatable bonds is 4. The molecule has 0 radical (unpaired) electrons. The summed E-state index contributed by atoms with van der Waals surface area (Å²) in [6.45, 7) is 3.07. The maximum absolute atomic E-state index is 13.1. The summed E-state index contributed by atoms with van der Waals surface area (Å²) in [6, 6.07) is 13.9. The van der Waals surface area contributed by atoms with E-state index in [1.807, 2.05) is 6.07 Å². The van der Waals surface area contributed by atoms with Gasteiger partial charge in [0.15, 0.2) is 0 Å². The Balaban J connectivity index is 1.86. The largest absolute Gasteiger partial charge is 0.326 e. The molecule has 7 nitrogen and oxygen atoms in total. The Morgan fingerprint density at radius 3 is 2.54 bits per heavy atom. The van der Waals surface area contributed by atoms with Crippen LogP contribution in [0.2, 0.25) is 0 Å². The molecule has 8 heteroatoms. The van der Waals surface area contributed by atoms with Gasteiger partial charge in [-0.25, -0.2) is 9.69 Å². The quantitative estimate of drug-likeness (QED) is 0.712. The Morgan fingerprint density at radius 1 is 1.21 bits per heavy atom. The first kappa shape index (κ1) is 19.6. The highest BCUT2D eigenvalue weighted by Gasteiger charge is 2.52. The highest BCUT2D eigenvalue weighted by atomic mass is 79.9. The number of nitriles is 1. The number of imide groups is 1. The molecule has 4 amide bonds. The highest BCUT2D eigenvalue weighted by molar-refractivity contribution is 9.10. The Bertz CT molecular complexity index is 1020. The number of benzene rings is 2. The second kappa shape index (κ2) is 7.44. The van der Waals surface area contributed by atoms with Crippen molar-refractivity contribution in [2.75, 3.05) is 5.32 Å². The first-order chi connectivity index (χ1) is 13.3. The van der Waals surface area contributed by atoms with Crippen molar-refractivity contribution in [3.05, 3.63) is 64.1 Å². The first-order valence-corrected chi connectivity index (χ1v) is 9.29. The zero-order valence-electron chi connectivity index (χ0n) is 15.2. The van der Waals surface area contributed by atoms with E-state index in [1.54, 1.807) is 55.5 Å². The van der Waals surface area contributed by atoms with Crippen LogP contribution in [0.3, 0.4) is 0 Å². The van der Waals surface area contributed by atoms with Gasteiger partial charge < -0.3 is 10.6 Å². The van der Waals surface area contributed by atoms with Gasteiger partial charge in [0.05, 0.1) is 11.3 Å². The summed E-state index contributed by atoms with van der Waals surface area (Å²) in [5.41, 5.74) is -0.0879. The van der Waals surface area contributed by atoms with E-state index < -0.39 is 29.4 Å². The van der Waals surface area contributed by atoms with Crippen molar-refractivity contribution in [3.8, 4) is 6.07 Å². The first-order valence-electron chi connectivity index (χ1n) is 8.50. The van der Waals surface area contributed by atoms with Crippen LogP contribution in [0, 0.1) is 11.3 Å². The molecule has 28 heavy (non-hydrogen) atoms. The van der Waals surface area contributed by atoms with Gasteiger partial charge in [0.2, 0.25) is 5.91 Å². The lowest BCUT2D eigenvalue weighted by Gasteiger charge is -2.25. The minimum absolute atomic E-state index is 0.290. The third-order valence-corrected chi connectivity index (χ3v) is 5.40. The zero-order valence-corrected chi connectivity index (χ0v) is 16.8. The van der Waals surface area contributed by atoms with Gasteiger partial charge >= 0.3 is 6.03 Å². The summed E-state index contributed by atoms with van der Waals surface area (Å²) in [7, 11) is 0. The normalized spacial score (nSPS) is 19.7. The predicted molar refractivity (Wildman–Crippen MR) is 106 cm³/mol. The van der Waals surface area contributed by atoms with Crippen LogP contribution in [0.4, 0.5) is 10.5 Å². The fourth-order valence-electron chi connectivity index (χ4n) is 3.11. The van der Waals surface area contributed by atoms with E-state index in [1.165, 1.54) is 6.92 Å². The molecule has 1 aliphatic rings. The summed E-state index contributed by atoms with van der Waals surface area (Å²) in [5.74, 6) is -1.09. The Morgan fingerprint density at radius 2 is 1.86 bits per heavy atom. The minimum Gasteiger partial charge on any atom is -0.323 e. The molecule has 2 aromatic carbocycles. The lowest BCUT2D eigenvalue weighted by Crippen LogP contribution is -2.47. The van der Waals surface area contributed by atoms with E-state index in [9.17, 15) is 14.4 Å². The van der Waals surface area contributed by atoms with Gasteiger partial charge in [-0.2, -0.15) is 5.26 Å². The van der Waals surface area contributed by atoms with Gasteiger partial charge in [-0.3, -0.25) is 9.59 Å². The van der Waals surface area contributed by atoms with Crippen LogP contribution in [0.15, 0.2) is 53.0 Å². The van der Waals surface area contributed by atoms with Gasteiger partial charge in [0, 0.05) is 10.0 Å². The number of nitrogens with one attached hydrogen (secondary N) is 2. The summed E-state index contributed by atoms with van der Waals surface area (Å²) < 4.78 is 0.674. The number of hydrogen-bond donors (Lipinski definition) is 2. The van der Waals surface area contributed by atoms with Crippen molar-refractivity contribution < 1.29 is 14.4 Å². The zero-order chi connectivity index (χ0) is 20.5. The van der Waals surface area contributed by atoms with Crippen molar-refractivity contribution >= 4 is 39.5 Å². The van der Waals surface area contributed by atoms with E-state index in [2.05, 4.69) is 26.6 Å². The van der Waals surface area contributed by atoms with Crippen molar-refractivity contribution in [1.29, 1.82) is 5.26 Å². The number of anilines is 1. The summed E-state index contributed by atoms with van der Waals surface area (Å²) in [6.07, 6.45) is 0. The number of para-hydroxylation sites is 1. The predicted octanol–water partition coefficient (Wildman–Crippen LogP) is 3.11. The molecule has 2 aromatic rings. The maximum atomic E-state index is 13.1. The van der Waals surface area contributed by atoms with Gasteiger partial charge in [0.25, 0.3) is 5.91 Å². The number of urea groups is 1. The molecular formula is C20H17BrN4O3. The molecule has 2 N–H and O–H groups in total. The summed E-state index contributed by atoms with van der Waals surface area (Å²) >= 11 is 3.40. The van der Waals surface area contributed by atoms with Crippen LogP contribution in [0.5, 0.6) is 0 Å². The fourth-order valence-corrected chi connectivity index (χ4v) is 3.79. The van der Waals surface area contributed by atoms with Crippen LogP contribution in [-0.4, -0.2) is 28.8 Å². The Kier molecular flexibility index (Phi) is 5.21. The molecule has 0 saturated carbocycles. The van der Waals surface area contributed by atoms with Gasteiger partial charge in [-0.1, -0.05) is 46.3 Å². The number of nitrogens with zero attached hydrogens (tertiary/aromatic N) is 2. The summed E-state index contributed by atoms with van der Waals surface area (Å²) in [5, 5.41) is 14.4. The van der Waals surface area contributed by atoms with Crippen LogP contribution < -0.4 is 10.6 Å². The smallest absolute Gasteiger partial charge is 0.323 e. The molecule has 1 fully saturated rings. The van der Waals surface area contributed by atoms with E-state index in [0.717, 1.165) is 4.90 Å². The number of hydrogen-bond acceptors (Lipinski definition) is 4. The van der Waals surface area contributed by atoms with Crippen LogP contribution in [-0.2, 0) is 15.1 Å². The number of amides is 4. The van der Waals surface area contributed by atoms with Crippen LogP contribution in [0.25, 0.3) is 0 Å². The molecule has 3 rings (SSSR count). The van der Waals surface area contributed by atoms with E-state index in [0.29, 0.717) is 21.3 Å². The van der Waals surface area contributed by atoms with Gasteiger partial charge in [0.1, 0.15) is 17.6 Å². The van der Waals surface area contributed by atoms with E-state index in [-0.39, 0.29) is 0 Å². The molecule has 1 aliphatic heterocycles. The average Bonchev–Trinajstić information content (AvgIpc) is 2.91. The monoisotopic (exact) mass is 440 g/mol. The van der Waals surface area contributed by atoms with E-state index >= 15 is 0 Å². The average molecular weight is 441 g/mol. The fraction of sp³-hybridized carbons (Fsp3) is 0.200. The maximum Gasteiger partial charge on any atom is 0.326 e. The SMILES string of the molecule is C[C@H](C(=O)Nc1ccccc1C#N)N1C(=O)N[C@@](C)(c2ccccc2Br)C1=O. The third kappa shape index (κ3) is 3.25. The Labute approximate surface area is 170 Å². The van der Waals surface area contributed by atoms with Crippen LogP contribution in [0.1, 0.15) is 25.0 Å². The lowest BCUT2D eigenvalue weighted by atomic mass is 9.92. The molecule has 2 atom stereocenters. The van der Waals surface area contributed by atoms with Crippen molar-refractivity contribution in [1.82, 2.24) is 10.2 Å². The van der Waals surface area contributed by atoms with Crippen LogP contribution >= 0.6 is 15.9 Å².